The highest BCUT2D eigenvalue weighted by Crippen LogP contribution is 2.43. The van der Waals surface area contributed by atoms with Gasteiger partial charge in [-0.05, 0) is 74.7 Å². The SMILES string of the molecule is COc1ncc(C2=CCCC(Cl)C=C2)cc1CC(c1ccccc1)C(O)(CCN(C)C)c1ccc(Br)cc1. The smallest absolute Gasteiger partial charge is 0.216 e. The predicted octanol–water partition coefficient (Wildman–Crippen LogP) is 7.36. The minimum Gasteiger partial charge on any atom is -0.481 e. The first kappa shape index (κ1) is 28.6. The van der Waals surface area contributed by atoms with Crippen molar-refractivity contribution in [1.29, 1.82) is 0 Å². The van der Waals surface area contributed by atoms with Gasteiger partial charge in [0.25, 0.3) is 0 Å². The lowest BCUT2D eigenvalue weighted by atomic mass is 9.72. The lowest BCUT2D eigenvalue weighted by Crippen LogP contribution is -2.38. The number of ether oxygens (including phenoxy) is 1. The molecular weight excluding hydrogens is 560 g/mol. The Balaban J connectivity index is 1.82. The van der Waals surface area contributed by atoms with Crippen LogP contribution in [0.25, 0.3) is 5.57 Å². The van der Waals surface area contributed by atoms with E-state index in [2.05, 4.69) is 56.2 Å². The summed E-state index contributed by atoms with van der Waals surface area (Å²) in [5, 5.41) is 12.6. The third-order valence-corrected chi connectivity index (χ3v) is 8.12. The molecular formula is C32H36BrClN2O2. The fraction of sp³-hybridized carbons (Fsp3) is 0.344. The molecule has 0 amide bonds. The number of alkyl halides is 1. The van der Waals surface area contributed by atoms with Crippen molar-refractivity contribution in [2.45, 2.75) is 42.6 Å². The molecule has 1 N–H and O–H groups in total. The van der Waals surface area contributed by atoms with Gasteiger partial charge in [0.1, 0.15) is 0 Å². The van der Waals surface area contributed by atoms with Crippen molar-refractivity contribution >= 4 is 33.1 Å². The molecule has 3 atom stereocenters. The van der Waals surface area contributed by atoms with E-state index in [1.807, 2.05) is 68.8 Å². The quantitative estimate of drug-likeness (QED) is 0.249. The monoisotopic (exact) mass is 594 g/mol. The maximum Gasteiger partial charge on any atom is 0.216 e. The van der Waals surface area contributed by atoms with Gasteiger partial charge in [-0.1, -0.05) is 76.6 Å². The van der Waals surface area contributed by atoms with Crippen molar-refractivity contribution in [2.24, 2.45) is 0 Å². The molecule has 6 heteroatoms. The van der Waals surface area contributed by atoms with Crippen LogP contribution in [-0.4, -0.2) is 48.1 Å². The Hall–Kier alpha value is -2.44. The maximum atomic E-state index is 12.6. The van der Waals surface area contributed by atoms with Crippen molar-refractivity contribution in [3.05, 3.63) is 112 Å². The van der Waals surface area contributed by atoms with E-state index in [0.717, 1.165) is 51.7 Å². The van der Waals surface area contributed by atoms with Crippen LogP contribution in [0.5, 0.6) is 5.88 Å². The summed E-state index contributed by atoms with van der Waals surface area (Å²) < 4.78 is 6.71. The van der Waals surface area contributed by atoms with Crippen LogP contribution < -0.4 is 4.74 Å². The van der Waals surface area contributed by atoms with Crippen LogP contribution in [0.4, 0.5) is 0 Å². The molecule has 1 aliphatic carbocycles. The van der Waals surface area contributed by atoms with E-state index in [4.69, 9.17) is 16.3 Å². The van der Waals surface area contributed by atoms with Crippen molar-refractivity contribution in [3.63, 3.8) is 0 Å². The molecule has 0 bridgehead atoms. The van der Waals surface area contributed by atoms with Crippen LogP contribution in [-0.2, 0) is 12.0 Å². The zero-order valence-corrected chi connectivity index (χ0v) is 24.6. The van der Waals surface area contributed by atoms with Gasteiger partial charge in [-0.3, -0.25) is 0 Å². The number of pyridine rings is 1. The fourth-order valence-corrected chi connectivity index (χ4v) is 5.55. The molecule has 0 fully saturated rings. The normalized spacial score (nSPS) is 18.0. The number of aliphatic hydroxyl groups is 1. The van der Waals surface area contributed by atoms with E-state index in [9.17, 15) is 5.11 Å². The number of benzene rings is 2. The summed E-state index contributed by atoms with van der Waals surface area (Å²) in [5.41, 5.74) is 3.93. The lowest BCUT2D eigenvalue weighted by molar-refractivity contribution is -0.00742. The summed E-state index contributed by atoms with van der Waals surface area (Å²) in [5.74, 6) is 0.343. The summed E-state index contributed by atoms with van der Waals surface area (Å²) in [6.45, 7) is 0.739. The second-order valence-electron chi connectivity index (χ2n) is 10.2. The third-order valence-electron chi connectivity index (χ3n) is 7.23. The number of nitrogens with zero attached hydrogens (tertiary/aromatic N) is 2. The van der Waals surface area contributed by atoms with Crippen molar-refractivity contribution in [1.82, 2.24) is 9.88 Å². The Morgan fingerprint density at radius 2 is 1.89 bits per heavy atom. The first-order chi connectivity index (χ1) is 18.3. The highest BCUT2D eigenvalue weighted by atomic mass is 79.9. The molecule has 3 unspecified atom stereocenters. The van der Waals surface area contributed by atoms with Crippen LogP contribution in [0.1, 0.15) is 47.4 Å². The molecule has 1 aromatic heterocycles. The number of allylic oxidation sites excluding steroid dienone is 4. The minimum atomic E-state index is -1.12. The molecule has 0 saturated carbocycles. The van der Waals surface area contributed by atoms with Gasteiger partial charge < -0.3 is 14.7 Å². The summed E-state index contributed by atoms with van der Waals surface area (Å²) in [6.07, 6.45) is 11.2. The summed E-state index contributed by atoms with van der Waals surface area (Å²) in [4.78, 5) is 6.80. The first-order valence-corrected chi connectivity index (χ1v) is 14.3. The number of aromatic nitrogens is 1. The summed E-state index contributed by atoms with van der Waals surface area (Å²) >= 11 is 9.92. The number of hydrogen-bond acceptors (Lipinski definition) is 4. The van der Waals surface area contributed by atoms with Gasteiger partial charge in [-0.25, -0.2) is 4.98 Å². The predicted molar refractivity (Wildman–Crippen MR) is 161 cm³/mol. The molecule has 1 aliphatic rings. The largest absolute Gasteiger partial charge is 0.481 e. The van der Waals surface area contributed by atoms with Gasteiger partial charge in [-0.15, -0.1) is 11.6 Å². The Bertz CT molecular complexity index is 1260. The zero-order valence-electron chi connectivity index (χ0n) is 22.3. The first-order valence-electron chi connectivity index (χ1n) is 13.0. The minimum absolute atomic E-state index is 0.0366. The average Bonchev–Trinajstić information content (AvgIpc) is 3.15. The van der Waals surface area contributed by atoms with Crippen LogP contribution >= 0.6 is 27.5 Å². The molecule has 1 heterocycles. The molecule has 0 aliphatic heterocycles. The van der Waals surface area contributed by atoms with E-state index in [1.165, 1.54) is 0 Å². The zero-order chi connectivity index (χ0) is 27.1. The molecule has 0 saturated heterocycles. The summed E-state index contributed by atoms with van der Waals surface area (Å²) in [6, 6.07) is 20.5. The molecule has 0 radical (unpaired) electrons. The number of halogens is 2. The number of methoxy groups -OCH3 is 1. The second-order valence-corrected chi connectivity index (χ2v) is 11.6. The van der Waals surface area contributed by atoms with E-state index < -0.39 is 5.60 Å². The van der Waals surface area contributed by atoms with Crippen LogP contribution in [0.2, 0.25) is 0 Å². The Morgan fingerprint density at radius 3 is 2.58 bits per heavy atom. The van der Waals surface area contributed by atoms with Crippen molar-refractivity contribution in [3.8, 4) is 5.88 Å². The molecule has 38 heavy (non-hydrogen) atoms. The molecule has 0 spiro atoms. The molecule has 4 nitrogen and oxygen atoms in total. The Kier molecular flexibility index (Phi) is 9.83. The topological polar surface area (TPSA) is 45.6 Å². The number of rotatable bonds is 10. The van der Waals surface area contributed by atoms with Crippen LogP contribution in [0, 0.1) is 0 Å². The van der Waals surface area contributed by atoms with Crippen molar-refractivity contribution in [2.75, 3.05) is 27.7 Å². The standard InChI is InChI=1S/C32H36BrClN2O2/c1-36(2)19-18-32(37,27-13-15-28(33)16-14-27)30(24-8-5-4-6-9-24)21-25-20-26(22-35-31(25)38-3)23-10-7-11-29(34)17-12-23/h4-6,8-10,12-17,20,22,29-30,37H,7,11,18-19,21H2,1-3H3. The average molecular weight is 596 g/mol. The molecule has 2 aromatic carbocycles. The summed E-state index contributed by atoms with van der Waals surface area (Å²) in [7, 11) is 5.73. The van der Waals surface area contributed by atoms with Crippen LogP contribution in [0.3, 0.4) is 0 Å². The van der Waals surface area contributed by atoms with Gasteiger partial charge in [0.15, 0.2) is 0 Å². The van der Waals surface area contributed by atoms with Crippen LogP contribution in [0.15, 0.2) is 89.6 Å². The van der Waals surface area contributed by atoms with E-state index >= 15 is 0 Å². The van der Waals surface area contributed by atoms with E-state index in [0.29, 0.717) is 18.7 Å². The fourth-order valence-electron chi connectivity index (χ4n) is 5.09. The van der Waals surface area contributed by atoms with E-state index in [-0.39, 0.29) is 11.3 Å². The second kappa shape index (κ2) is 13.1. The van der Waals surface area contributed by atoms with Crippen molar-refractivity contribution < 1.29 is 9.84 Å². The third kappa shape index (κ3) is 6.95. The molecule has 200 valence electrons. The highest BCUT2D eigenvalue weighted by molar-refractivity contribution is 9.10. The Morgan fingerprint density at radius 1 is 1.16 bits per heavy atom. The van der Waals surface area contributed by atoms with Gasteiger partial charge >= 0.3 is 0 Å². The highest BCUT2D eigenvalue weighted by Gasteiger charge is 2.40. The van der Waals surface area contributed by atoms with Gasteiger partial charge in [0, 0.05) is 34.3 Å². The van der Waals surface area contributed by atoms with Gasteiger partial charge in [0.2, 0.25) is 5.88 Å². The van der Waals surface area contributed by atoms with E-state index in [1.54, 1.807) is 7.11 Å². The number of hydrogen-bond donors (Lipinski definition) is 1. The molecule has 3 aromatic rings. The van der Waals surface area contributed by atoms with Gasteiger partial charge in [0.05, 0.1) is 18.1 Å². The lowest BCUT2D eigenvalue weighted by Gasteiger charge is -2.38. The molecule has 4 rings (SSSR count). The van der Waals surface area contributed by atoms with Gasteiger partial charge in [-0.2, -0.15) is 0 Å². The Labute approximate surface area is 240 Å². The maximum absolute atomic E-state index is 12.6.